The molecule has 0 aromatic heterocycles. The molecule has 2 heteroatoms. The van der Waals surface area contributed by atoms with Gasteiger partial charge in [0.2, 0.25) is 0 Å². The molecule has 0 saturated heterocycles. The van der Waals surface area contributed by atoms with Crippen molar-refractivity contribution in [3.63, 3.8) is 0 Å². The smallest absolute Gasteiger partial charge is 0.00952 e. The van der Waals surface area contributed by atoms with Crippen molar-refractivity contribution in [3.8, 4) is 0 Å². The van der Waals surface area contributed by atoms with E-state index in [1.54, 1.807) is 0 Å². The summed E-state index contributed by atoms with van der Waals surface area (Å²) >= 11 is 0. The Morgan fingerprint density at radius 2 is 1.68 bits per heavy atom. The molecule has 1 saturated carbocycles. The van der Waals surface area contributed by atoms with Crippen molar-refractivity contribution >= 4 is 0 Å². The molecule has 0 heterocycles. The van der Waals surface area contributed by atoms with Gasteiger partial charge in [0, 0.05) is 6.04 Å². The Morgan fingerprint density at radius 1 is 1.00 bits per heavy atom. The fourth-order valence-corrected chi connectivity index (χ4v) is 3.24. The molecule has 0 aromatic carbocycles. The molecular weight excluding hydrogens is 232 g/mol. The van der Waals surface area contributed by atoms with Crippen molar-refractivity contribution in [3.05, 3.63) is 0 Å². The molecule has 2 N–H and O–H groups in total. The summed E-state index contributed by atoms with van der Waals surface area (Å²) in [5.74, 6) is 1.64. The van der Waals surface area contributed by atoms with Gasteiger partial charge >= 0.3 is 0 Å². The Labute approximate surface area is 121 Å². The van der Waals surface area contributed by atoms with Crippen LogP contribution in [0.1, 0.15) is 72.1 Å². The fourth-order valence-electron chi connectivity index (χ4n) is 3.24. The fraction of sp³-hybridized carbons (Fsp3) is 1.00. The van der Waals surface area contributed by atoms with Gasteiger partial charge in [0.25, 0.3) is 0 Å². The van der Waals surface area contributed by atoms with Gasteiger partial charge < -0.3 is 10.6 Å². The van der Waals surface area contributed by atoms with Crippen LogP contribution in [0, 0.1) is 11.8 Å². The number of nitrogens with two attached hydrogens (primary N) is 1. The highest BCUT2D eigenvalue weighted by molar-refractivity contribution is 4.78. The van der Waals surface area contributed by atoms with Crippen LogP contribution >= 0.6 is 0 Å². The first-order valence-electron chi connectivity index (χ1n) is 8.57. The second-order valence-corrected chi connectivity index (χ2v) is 6.98. The van der Waals surface area contributed by atoms with Gasteiger partial charge in [-0.2, -0.15) is 0 Å². The summed E-state index contributed by atoms with van der Waals surface area (Å²) in [5, 5.41) is 0. The van der Waals surface area contributed by atoms with E-state index in [1.165, 1.54) is 64.5 Å². The number of hydrogen-bond donors (Lipinski definition) is 1. The van der Waals surface area contributed by atoms with Crippen LogP contribution in [0.3, 0.4) is 0 Å². The van der Waals surface area contributed by atoms with Gasteiger partial charge in [-0.25, -0.2) is 0 Å². The molecule has 2 nitrogen and oxygen atoms in total. The van der Waals surface area contributed by atoms with E-state index in [-0.39, 0.29) is 0 Å². The first-order valence-corrected chi connectivity index (χ1v) is 8.57. The van der Waals surface area contributed by atoms with E-state index < -0.39 is 0 Å². The molecule has 1 fully saturated rings. The van der Waals surface area contributed by atoms with Crippen molar-refractivity contribution in [1.29, 1.82) is 0 Å². The summed E-state index contributed by atoms with van der Waals surface area (Å²) in [6.45, 7) is 10.5. The van der Waals surface area contributed by atoms with Crippen molar-refractivity contribution in [2.45, 2.75) is 78.2 Å². The predicted molar refractivity (Wildman–Crippen MR) is 85.4 cm³/mol. The third-order valence-corrected chi connectivity index (χ3v) is 4.64. The van der Waals surface area contributed by atoms with Crippen LogP contribution in [0.4, 0.5) is 0 Å². The minimum Gasteiger partial charge on any atom is -0.330 e. The lowest BCUT2D eigenvalue weighted by molar-refractivity contribution is 0.181. The molecule has 0 radical (unpaired) electrons. The van der Waals surface area contributed by atoms with Gasteiger partial charge in [-0.3, -0.25) is 0 Å². The number of nitrogens with zero attached hydrogens (tertiary/aromatic N) is 1. The highest BCUT2D eigenvalue weighted by atomic mass is 15.2. The number of rotatable bonds is 10. The van der Waals surface area contributed by atoms with E-state index in [0.29, 0.717) is 0 Å². The highest BCUT2D eigenvalue weighted by Gasteiger charge is 2.22. The maximum absolute atomic E-state index is 5.63. The minimum atomic E-state index is 0.806. The average molecular weight is 268 g/mol. The zero-order valence-electron chi connectivity index (χ0n) is 13.5. The Kier molecular flexibility index (Phi) is 8.72. The summed E-state index contributed by atoms with van der Waals surface area (Å²) in [6.07, 6.45) is 11.0. The summed E-state index contributed by atoms with van der Waals surface area (Å²) in [6, 6.07) is 0.892. The van der Waals surface area contributed by atoms with Crippen molar-refractivity contribution in [1.82, 2.24) is 4.90 Å². The van der Waals surface area contributed by atoms with Crippen molar-refractivity contribution < 1.29 is 0 Å². The van der Waals surface area contributed by atoms with E-state index >= 15 is 0 Å². The molecule has 1 atom stereocenters. The maximum atomic E-state index is 5.63. The zero-order valence-corrected chi connectivity index (χ0v) is 13.5. The van der Waals surface area contributed by atoms with E-state index in [4.69, 9.17) is 5.73 Å². The van der Waals surface area contributed by atoms with Crippen LogP contribution in [-0.4, -0.2) is 30.6 Å². The molecule has 1 rings (SSSR count). The molecule has 19 heavy (non-hydrogen) atoms. The quantitative estimate of drug-likeness (QED) is 0.648. The maximum Gasteiger partial charge on any atom is 0.00952 e. The molecule has 0 bridgehead atoms. The molecule has 1 unspecified atom stereocenters. The van der Waals surface area contributed by atoms with E-state index in [2.05, 4.69) is 25.7 Å². The summed E-state index contributed by atoms with van der Waals surface area (Å²) in [4.78, 5) is 2.79. The predicted octanol–water partition coefficient (Wildman–Crippen LogP) is 4.04. The SMILES string of the molecule is CC(C)CCN(CCCC(C)CCN)C1CCCC1. The third kappa shape index (κ3) is 7.31. The van der Waals surface area contributed by atoms with Crippen LogP contribution in [0.25, 0.3) is 0 Å². The lowest BCUT2D eigenvalue weighted by Crippen LogP contribution is -2.35. The van der Waals surface area contributed by atoms with Crippen molar-refractivity contribution in [2.75, 3.05) is 19.6 Å². The summed E-state index contributed by atoms with van der Waals surface area (Å²) < 4.78 is 0. The molecule has 0 spiro atoms. The standard InChI is InChI=1S/C17H36N2/c1-15(2)11-14-19(17-8-4-5-9-17)13-6-7-16(3)10-12-18/h15-17H,4-14,18H2,1-3H3. The normalized spacial score (nSPS) is 18.6. The summed E-state index contributed by atoms with van der Waals surface area (Å²) in [5.41, 5.74) is 5.63. The molecule has 0 aromatic rings. The first kappa shape index (κ1) is 17.0. The average Bonchev–Trinajstić information content (AvgIpc) is 2.87. The lowest BCUT2D eigenvalue weighted by atomic mass is 10.0. The Balaban J connectivity index is 2.27. The molecule has 0 amide bonds. The van der Waals surface area contributed by atoms with Crippen LogP contribution in [0.2, 0.25) is 0 Å². The first-order chi connectivity index (χ1) is 9.13. The van der Waals surface area contributed by atoms with Gasteiger partial charge in [0.05, 0.1) is 0 Å². The lowest BCUT2D eigenvalue weighted by Gasteiger charge is -2.30. The second-order valence-electron chi connectivity index (χ2n) is 6.98. The largest absolute Gasteiger partial charge is 0.330 e. The summed E-state index contributed by atoms with van der Waals surface area (Å²) in [7, 11) is 0. The Morgan fingerprint density at radius 3 is 2.26 bits per heavy atom. The Hall–Kier alpha value is -0.0800. The van der Waals surface area contributed by atoms with E-state index in [9.17, 15) is 0 Å². The highest BCUT2D eigenvalue weighted by Crippen LogP contribution is 2.25. The number of hydrogen-bond acceptors (Lipinski definition) is 2. The topological polar surface area (TPSA) is 29.3 Å². The molecule has 0 aliphatic heterocycles. The van der Waals surface area contributed by atoms with Gasteiger partial charge in [-0.05, 0) is 70.0 Å². The van der Waals surface area contributed by atoms with Crippen LogP contribution in [0.15, 0.2) is 0 Å². The molecule has 114 valence electrons. The van der Waals surface area contributed by atoms with Gasteiger partial charge in [0.1, 0.15) is 0 Å². The van der Waals surface area contributed by atoms with Gasteiger partial charge in [-0.1, -0.05) is 33.6 Å². The minimum absolute atomic E-state index is 0.806. The molecule has 1 aliphatic carbocycles. The zero-order chi connectivity index (χ0) is 14.1. The van der Waals surface area contributed by atoms with E-state index in [1.807, 2.05) is 0 Å². The Bertz CT molecular complexity index is 209. The third-order valence-electron chi connectivity index (χ3n) is 4.64. The second kappa shape index (κ2) is 9.77. The van der Waals surface area contributed by atoms with E-state index in [0.717, 1.165) is 24.4 Å². The monoisotopic (exact) mass is 268 g/mol. The van der Waals surface area contributed by atoms with Gasteiger partial charge in [-0.15, -0.1) is 0 Å². The molecular formula is C17H36N2. The van der Waals surface area contributed by atoms with Gasteiger partial charge in [0.15, 0.2) is 0 Å². The van der Waals surface area contributed by atoms with Crippen molar-refractivity contribution in [2.24, 2.45) is 17.6 Å². The van der Waals surface area contributed by atoms with Crippen LogP contribution in [0.5, 0.6) is 0 Å². The van der Waals surface area contributed by atoms with Crippen LogP contribution in [-0.2, 0) is 0 Å². The molecule has 1 aliphatic rings. The van der Waals surface area contributed by atoms with Crippen LogP contribution < -0.4 is 5.73 Å².